The van der Waals surface area contributed by atoms with Crippen LogP contribution in [0.3, 0.4) is 0 Å². The number of primary sulfonamides is 1. The summed E-state index contributed by atoms with van der Waals surface area (Å²) < 4.78 is 27.7. The Morgan fingerprint density at radius 3 is 2.65 bits per heavy atom. The molecular weight excluding hydrogens is 300 g/mol. The number of hydrogen-bond donors (Lipinski definition) is 2. The maximum absolute atomic E-state index is 12.1. The Bertz CT molecular complexity index is 621. The first-order chi connectivity index (χ1) is 9.16. The fourth-order valence-electron chi connectivity index (χ4n) is 2.36. The Balaban J connectivity index is 2.05. The second-order valence-electron chi connectivity index (χ2n) is 5.51. The highest BCUT2D eigenvalue weighted by atomic mass is 32.2. The van der Waals surface area contributed by atoms with Gasteiger partial charge in [-0.25, -0.2) is 13.6 Å². The van der Waals surface area contributed by atoms with Crippen LogP contribution in [0.2, 0.25) is 0 Å². The molecule has 6 nitrogen and oxygen atoms in total. The van der Waals surface area contributed by atoms with Crippen molar-refractivity contribution in [3.63, 3.8) is 0 Å². The van der Waals surface area contributed by atoms with Crippen molar-refractivity contribution in [2.45, 2.75) is 36.6 Å². The van der Waals surface area contributed by atoms with Crippen molar-refractivity contribution in [3.8, 4) is 0 Å². The maximum Gasteiger partial charge on any atom is 0.252 e. The minimum absolute atomic E-state index is 0.00899. The highest BCUT2D eigenvalue weighted by Gasteiger charge is 2.49. The minimum Gasteiger partial charge on any atom is -0.381 e. The zero-order valence-corrected chi connectivity index (χ0v) is 13.2. The topological polar surface area (TPSA) is 98.5 Å². The van der Waals surface area contributed by atoms with E-state index in [1.54, 1.807) is 7.11 Å². The van der Waals surface area contributed by atoms with Crippen molar-refractivity contribution in [1.82, 2.24) is 5.32 Å². The number of methoxy groups -OCH3 is 1. The Morgan fingerprint density at radius 2 is 2.20 bits per heavy atom. The number of nitrogens with two attached hydrogens (primary N) is 1. The summed E-state index contributed by atoms with van der Waals surface area (Å²) in [5.74, 6) is -0.288. The van der Waals surface area contributed by atoms with Crippen LogP contribution in [0.1, 0.15) is 30.6 Å². The second-order valence-corrected chi connectivity index (χ2v) is 8.21. The molecule has 0 bridgehead atoms. The predicted molar refractivity (Wildman–Crippen MR) is 76.1 cm³/mol. The molecule has 1 aliphatic rings. The van der Waals surface area contributed by atoms with Crippen molar-refractivity contribution >= 4 is 27.3 Å². The molecule has 0 spiro atoms. The number of carbonyl (C=O) groups is 1. The molecule has 2 rings (SSSR count). The van der Waals surface area contributed by atoms with Crippen LogP contribution in [0.5, 0.6) is 0 Å². The van der Waals surface area contributed by atoms with Crippen LogP contribution in [0.4, 0.5) is 0 Å². The average molecular weight is 318 g/mol. The first kappa shape index (κ1) is 15.4. The largest absolute Gasteiger partial charge is 0.381 e. The Kier molecular flexibility index (Phi) is 3.94. The van der Waals surface area contributed by atoms with Gasteiger partial charge in [0.2, 0.25) is 10.0 Å². The van der Waals surface area contributed by atoms with Crippen molar-refractivity contribution in [2.75, 3.05) is 7.11 Å². The third kappa shape index (κ3) is 2.73. The quantitative estimate of drug-likeness (QED) is 0.863. The molecule has 0 aromatic carbocycles. The van der Waals surface area contributed by atoms with Gasteiger partial charge in [0.15, 0.2) is 0 Å². The molecule has 2 atom stereocenters. The first-order valence-electron chi connectivity index (χ1n) is 6.11. The van der Waals surface area contributed by atoms with Crippen LogP contribution in [0, 0.1) is 5.41 Å². The third-order valence-electron chi connectivity index (χ3n) is 3.89. The van der Waals surface area contributed by atoms with Gasteiger partial charge in [0.25, 0.3) is 5.91 Å². The molecule has 2 unspecified atom stereocenters. The van der Waals surface area contributed by atoms with Gasteiger partial charge in [-0.05, 0) is 12.5 Å². The molecule has 0 aliphatic heterocycles. The molecule has 1 saturated carbocycles. The summed E-state index contributed by atoms with van der Waals surface area (Å²) in [6.45, 7) is 4.05. The molecule has 3 N–H and O–H groups in total. The molecule has 1 heterocycles. The van der Waals surface area contributed by atoms with Crippen molar-refractivity contribution < 1.29 is 17.9 Å². The van der Waals surface area contributed by atoms with Gasteiger partial charge in [-0.3, -0.25) is 4.79 Å². The number of thiophene rings is 1. The first-order valence-corrected chi connectivity index (χ1v) is 8.54. The lowest BCUT2D eigenvalue weighted by Gasteiger charge is -2.51. The van der Waals surface area contributed by atoms with Crippen LogP contribution >= 0.6 is 11.3 Å². The number of sulfonamides is 1. The number of carbonyl (C=O) groups excluding carboxylic acids is 1. The zero-order chi connectivity index (χ0) is 15.1. The van der Waals surface area contributed by atoms with Crippen LogP contribution in [0.25, 0.3) is 0 Å². The van der Waals surface area contributed by atoms with Crippen LogP contribution < -0.4 is 10.5 Å². The molecule has 0 radical (unpaired) electrons. The lowest BCUT2D eigenvalue weighted by Crippen LogP contribution is -2.61. The predicted octanol–water partition coefficient (Wildman–Crippen LogP) is 0.939. The fourth-order valence-corrected chi connectivity index (χ4v) is 3.94. The summed E-state index contributed by atoms with van der Waals surface area (Å²) in [6.07, 6.45) is 0.872. The van der Waals surface area contributed by atoms with Crippen molar-refractivity contribution in [3.05, 3.63) is 17.0 Å². The Labute approximate surface area is 122 Å². The standard InChI is InChI=1S/C12H18N2O4S2/c1-12(2)8(5-9(12)18-3)14-11(15)7-4-10(19-6-7)20(13,16)17/h4,6,8-9H,5H2,1-3H3,(H,14,15)(H2,13,16,17). The van der Waals surface area contributed by atoms with E-state index in [1.165, 1.54) is 11.4 Å². The summed E-state index contributed by atoms with van der Waals surface area (Å²) in [7, 11) is -2.10. The van der Waals surface area contributed by atoms with Gasteiger partial charge in [0.05, 0.1) is 11.7 Å². The van der Waals surface area contributed by atoms with Crippen LogP contribution in [-0.2, 0) is 14.8 Å². The molecular formula is C12H18N2O4S2. The molecule has 1 fully saturated rings. The Hall–Kier alpha value is -0.960. The highest BCUT2D eigenvalue weighted by molar-refractivity contribution is 7.91. The molecule has 112 valence electrons. The van der Waals surface area contributed by atoms with E-state index in [-0.39, 0.29) is 27.7 Å². The summed E-state index contributed by atoms with van der Waals surface area (Å²) in [5.41, 5.74) is 0.180. The normalized spacial score (nSPS) is 25.0. The summed E-state index contributed by atoms with van der Waals surface area (Å²) in [6, 6.07) is 1.31. The monoisotopic (exact) mass is 318 g/mol. The Morgan fingerprint density at radius 1 is 1.55 bits per heavy atom. The summed E-state index contributed by atoms with van der Waals surface area (Å²) >= 11 is 0.944. The van der Waals surface area contributed by atoms with Gasteiger partial charge >= 0.3 is 0 Å². The fraction of sp³-hybridized carbons (Fsp3) is 0.583. The van der Waals surface area contributed by atoms with Crippen LogP contribution in [0.15, 0.2) is 15.7 Å². The van der Waals surface area contributed by atoms with Crippen LogP contribution in [-0.4, -0.2) is 33.6 Å². The van der Waals surface area contributed by atoms with Crippen molar-refractivity contribution in [2.24, 2.45) is 10.6 Å². The molecule has 0 saturated heterocycles. The smallest absolute Gasteiger partial charge is 0.252 e. The van der Waals surface area contributed by atoms with E-state index < -0.39 is 10.0 Å². The SMILES string of the molecule is COC1CC(NC(=O)c2csc(S(N)(=O)=O)c2)C1(C)C. The molecule has 1 aliphatic carbocycles. The number of ether oxygens (including phenoxy) is 1. The number of hydrogen-bond acceptors (Lipinski definition) is 5. The lowest BCUT2D eigenvalue weighted by atomic mass is 9.64. The number of rotatable bonds is 4. The van der Waals surface area contributed by atoms with Crippen molar-refractivity contribution in [1.29, 1.82) is 0 Å². The second kappa shape index (κ2) is 5.10. The molecule has 1 aromatic rings. The van der Waals surface area contributed by atoms with E-state index in [4.69, 9.17) is 9.88 Å². The van der Waals surface area contributed by atoms with E-state index in [0.717, 1.165) is 17.8 Å². The van der Waals surface area contributed by atoms with E-state index in [2.05, 4.69) is 5.32 Å². The van der Waals surface area contributed by atoms with E-state index in [0.29, 0.717) is 5.56 Å². The van der Waals surface area contributed by atoms with Gasteiger partial charge < -0.3 is 10.1 Å². The lowest BCUT2D eigenvalue weighted by molar-refractivity contribution is -0.0942. The summed E-state index contributed by atoms with van der Waals surface area (Å²) in [4.78, 5) is 12.1. The van der Waals surface area contributed by atoms with Gasteiger partial charge in [0, 0.05) is 23.9 Å². The average Bonchev–Trinajstić information content (AvgIpc) is 2.82. The molecule has 1 amide bonds. The van der Waals surface area contributed by atoms with E-state index >= 15 is 0 Å². The number of nitrogens with one attached hydrogen (secondary N) is 1. The minimum atomic E-state index is -3.75. The van der Waals surface area contributed by atoms with Gasteiger partial charge in [-0.1, -0.05) is 13.8 Å². The summed E-state index contributed by atoms with van der Waals surface area (Å²) in [5, 5.41) is 9.42. The zero-order valence-electron chi connectivity index (χ0n) is 11.5. The van der Waals surface area contributed by atoms with Gasteiger partial charge in [0.1, 0.15) is 4.21 Å². The van der Waals surface area contributed by atoms with E-state index in [9.17, 15) is 13.2 Å². The maximum atomic E-state index is 12.1. The third-order valence-corrected chi connectivity index (χ3v) is 6.27. The number of amides is 1. The molecule has 8 heteroatoms. The van der Waals surface area contributed by atoms with Gasteiger partial charge in [-0.15, -0.1) is 11.3 Å². The van der Waals surface area contributed by atoms with E-state index in [1.807, 2.05) is 13.8 Å². The van der Waals surface area contributed by atoms with Gasteiger partial charge in [-0.2, -0.15) is 0 Å². The molecule has 1 aromatic heterocycles. The molecule has 20 heavy (non-hydrogen) atoms. The highest BCUT2D eigenvalue weighted by Crippen LogP contribution is 2.42.